The van der Waals surface area contributed by atoms with Crippen LogP contribution in [0.25, 0.3) is 32.8 Å². The van der Waals surface area contributed by atoms with E-state index in [4.69, 9.17) is 4.98 Å². The molecule has 0 unspecified atom stereocenters. The maximum atomic E-state index is 13.2. The number of aliphatic carboxylic acids is 1. The van der Waals surface area contributed by atoms with Gasteiger partial charge in [-0.05, 0) is 30.2 Å². The van der Waals surface area contributed by atoms with Crippen molar-refractivity contribution in [2.45, 2.75) is 6.92 Å². The largest absolute Gasteiger partial charge is 0.481 e. The molecule has 32 heavy (non-hydrogen) atoms. The van der Waals surface area contributed by atoms with Gasteiger partial charge in [0.2, 0.25) is 0 Å². The first-order chi connectivity index (χ1) is 15.4. The van der Waals surface area contributed by atoms with Crippen molar-refractivity contribution in [2.24, 2.45) is 5.41 Å². The fraction of sp³-hybridized carbons (Fsp3) is 0.167. The number of hydrogen-bond donors (Lipinski definition) is 1. The zero-order chi connectivity index (χ0) is 22.3. The fourth-order valence-electron chi connectivity index (χ4n) is 3.78. The number of thiazole rings is 1. The number of aromatic nitrogens is 3. The molecule has 0 spiro atoms. The Kier molecular flexibility index (Phi) is 4.94. The van der Waals surface area contributed by atoms with E-state index in [1.165, 1.54) is 29.8 Å². The number of carboxylic acids is 1. The summed E-state index contributed by atoms with van der Waals surface area (Å²) in [7, 11) is 0. The lowest BCUT2D eigenvalue weighted by Gasteiger charge is -2.44. The Morgan fingerprint density at radius 2 is 1.53 bits per heavy atom. The summed E-state index contributed by atoms with van der Waals surface area (Å²) in [5.74, 6) is -1.06. The van der Waals surface area contributed by atoms with Gasteiger partial charge in [0.15, 0.2) is 5.13 Å². The van der Waals surface area contributed by atoms with Crippen molar-refractivity contribution in [3.8, 4) is 32.8 Å². The van der Waals surface area contributed by atoms with Gasteiger partial charge in [0.1, 0.15) is 12.1 Å². The topological polar surface area (TPSA) is 79.2 Å². The van der Waals surface area contributed by atoms with Crippen LogP contribution >= 0.6 is 11.3 Å². The lowest BCUT2D eigenvalue weighted by molar-refractivity contribution is -0.149. The van der Waals surface area contributed by atoms with E-state index in [9.17, 15) is 14.3 Å². The van der Waals surface area contributed by atoms with E-state index in [1.54, 1.807) is 31.5 Å². The second-order valence-corrected chi connectivity index (χ2v) is 9.08. The van der Waals surface area contributed by atoms with Crippen LogP contribution in [-0.4, -0.2) is 39.1 Å². The second kappa shape index (κ2) is 7.80. The minimum Gasteiger partial charge on any atom is -0.481 e. The zero-order valence-electron chi connectivity index (χ0n) is 17.2. The van der Waals surface area contributed by atoms with Gasteiger partial charge >= 0.3 is 5.97 Å². The third-order valence-electron chi connectivity index (χ3n) is 5.64. The van der Waals surface area contributed by atoms with Gasteiger partial charge in [-0.2, -0.15) is 0 Å². The van der Waals surface area contributed by atoms with Crippen LogP contribution in [-0.2, 0) is 4.79 Å². The molecule has 4 aromatic rings. The third kappa shape index (κ3) is 3.62. The van der Waals surface area contributed by atoms with Crippen molar-refractivity contribution in [3.63, 3.8) is 0 Å². The van der Waals surface area contributed by atoms with E-state index >= 15 is 0 Å². The molecule has 2 aromatic heterocycles. The Morgan fingerprint density at radius 1 is 0.969 bits per heavy atom. The summed E-state index contributed by atoms with van der Waals surface area (Å²) >= 11 is 1.51. The molecule has 0 radical (unpaired) electrons. The Bertz CT molecular complexity index is 1270. The van der Waals surface area contributed by atoms with Crippen LogP contribution in [0.1, 0.15) is 6.92 Å². The molecule has 0 aliphatic carbocycles. The van der Waals surface area contributed by atoms with Crippen molar-refractivity contribution in [3.05, 3.63) is 73.1 Å². The molecule has 0 saturated carbocycles. The molecular weight excluding hydrogens is 427 g/mol. The molecule has 1 N–H and O–H groups in total. The Balaban J connectivity index is 1.50. The number of carboxylic acid groups (broad SMARTS) is 1. The van der Waals surface area contributed by atoms with Crippen LogP contribution in [0.4, 0.5) is 9.52 Å². The average molecular weight is 447 g/mol. The molecule has 0 bridgehead atoms. The monoisotopic (exact) mass is 446 g/mol. The molecule has 8 heteroatoms. The number of hydrogen-bond acceptors (Lipinski definition) is 6. The van der Waals surface area contributed by atoms with E-state index < -0.39 is 11.4 Å². The van der Waals surface area contributed by atoms with Gasteiger partial charge in [-0.1, -0.05) is 47.7 Å². The molecule has 1 fully saturated rings. The molecule has 1 saturated heterocycles. The summed E-state index contributed by atoms with van der Waals surface area (Å²) in [6.45, 7) is 2.59. The highest BCUT2D eigenvalue weighted by Gasteiger charge is 2.46. The number of anilines is 1. The van der Waals surface area contributed by atoms with Crippen LogP contribution in [0, 0.1) is 11.2 Å². The highest BCUT2D eigenvalue weighted by atomic mass is 32.1. The molecule has 2 aromatic carbocycles. The molecule has 0 amide bonds. The van der Waals surface area contributed by atoms with E-state index in [1.807, 2.05) is 29.2 Å². The molecule has 160 valence electrons. The number of halogens is 1. The second-order valence-electron chi connectivity index (χ2n) is 8.11. The first-order valence-electron chi connectivity index (χ1n) is 10.0. The Labute approximate surface area is 188 Å². The van der Waals surface area contributed by atoms with Crippen molar-refractivity contribution >= 4 is 22.4 Å². The van der Waals surface area contributed by atoms with Gasteiger partial charge in [0.05, 0.1) is 16.0 Å². The van der Waals surface area contributed by atoms with Gasteiger partial charge in [0.25, 0.3) is 0 Å². The van der Waals surface area contributed by atoms with E-state index in [0.29, 0.717) is 13.1 Å². The lowest BCUT2D eigenvalue weighted by Crippen LogP contribution is -2.59. The maximum Gasteiger partial charge on any atom is 0.312 e. The Morgan fingerprint density at radius 3 is 2.12 bits per heavy atom. The standard InChI is InChI=1S/C24H19FN4O2S/c1-24(22(30)31)12-29(13-24)23-28-20(21(32-23)18-10-26-14-27-11-18)17-4-2-15(3-5-17)16-6-8-19(25)9-7-16/h2-11,14H,12-13H2,1H3,(H,30,31). The molecule has 6 nitrogen and oxygen atoms in total. The fourth-order valence-corrected chi connectivity index (χ4v) is 4.84. The molecular formula is C24H19FN4O2S. The highest BCUT2D eigenvalue weighted by Crippen LogP contribution is 2.44. The van der Waals surface area contributed by atoms with Crippen molar-refractivity contribution < 1.29 is 14.3 Å². The number of nitrogens with zero attached hydrogens (tertiary/aromatic N) is 4. The number of benzene rings is 2. The number of carbonyl (C=O) groups is 1. The first kappa shape index (κ1) is 20.3. The van der Waals surface area contributed by atoms with Gasteiger partial charge in [0, 0.05) is 36.6 Å². The molecule has 0 atom stereocenters. The summed E-state index contributed by atoms with van der Waals surface area (Å²) in [5, 5.41) is 10.2. The normalized spacial score (nSPS) is 14.8. The van der Waals surface area contributed by atoms with Crippen molar-refractivity contribution in [1.82, 2.24) is 15.0 Å². The molecule has 3 heterocycles. The summed E-state index contributed by atoms with van der Waals surface area (Å²) < 4.78 is 13.2. The lowest BCUT2D eigenvalue weighted by atomic mass is 9.82. The highest BCUT2D eigenvalue weighted by molar-refractivity contribution is 7.19. The predicted octanol–water partition coefficient (Wildman–Crippen LogP) is 4.98. The van der Waals surface area contributed by atoms with E-state index in [0.717, 1.165) is 38.0 Å². The molecule has 1 aliphatic rings. The SMILES string of the molecule is CC1(C(=O)O)CN(c2nc(-c3ccc(-c4ccc(F)cc4)cc3)c(-c3cncnc3)s2)C1. The predicted molar refractivity (Wildman–Crippen MR) is 122 cm³/mol. The smallest absolute Gasteiger partial charge is 0.312 e. The van der Waals surface area contributed by atoms with Crippen molar-refractivity contribution in [2.75, 3.05) is 18.0 Å². The molecule has 1 aliphatic heterocycles. The minimum absolute atomic E-state index is 0.264. The van der Waals surface area contributed by atoms with Gasteiger partial charge in [-0.15, -0.1) is 0 Å². The van der Waals surface area contributed by atoms with Gasteiger partial charge in [-0.3, -0.25) is 4.79 Å². The summed E-state index contributed by atoms with van der Waals surface area (Å²) in [6, 6.07) is 14.3. The first-order valence-corrected chi connectivity index (χ1v) is 10.9. The maximum absolute atomic E-state index is 13.2. The van der Waals surface area contributed by atoms with E-state index in [2.05, 4.69) is 9.97 Å². The van der Waals surface area contributed by atoms with E-state index in [-0.39, 0.29) is 5.82 Å². The Hall–Kier alpha value is -3.65. The summed E-state index contributed by atoms with van der Waals surface area (Å²) in [4.78, 5) is 27.5. The van der Waals surface area contributed by atoms with Gasteiger partial charge in [-0.25, -0.2) is 19.3 Å². The minimum atomic E-state index is -0.793. The van der Waals surface area contributed by atoms with Crippen LogP contribution in [0.3, 0.4) is 0 Å². The van der Waals surface area contributed by atoms with Crippen molar-refractivity contribution in [1.29, 1.82) is 0 Å². The third-order valence-corrected chi connectivity index (χ3v) is 6.81. The average Bonchev–Trinajstić information content (AvgIpc) is 3.23. The van der Waals surface area contributed by atoms with Crippen LogP contribution < -0.4 is 4.90 Å². The van der Waals surface area contributed by atoms with Gasteiger partial charge < -0.3 is 10.0 Å². The van der Waals surface area contributed by atoms with Crippen LogP contribution in [0.5, 0.6) is 0 Å². The number of rotatable bonds is 5. The van der Waals surface area contributed by atoms with Crippen LogP contribution in [0.2, 0.25) is 0 Å². The van der Waals surface area contributed by atoms with Crippen LogP contribution in [0.15, 0.2) is 67.3 Å². The quantitative estimate of drug-likeness (QED) is 0.466. The summed E-state index contributed by atoms with van der Waals surface area (Å²) in [6.07, 6.45) is 4.98. The zero-order valence-corrected chi connectivity index (χ0v) is 18.0. The summed E-state index contributed by atoms with van der Waals surface area (Å²) in [5.41, 5.74) is 3.75. The molecule has 5 rings (SSSR count).